The van der Waals surface area contributed by atoms with Crippen molar-refractivity contribution in [2.45, 2.75) is 6.92 Å². The monoisotopic (exact) mass is 231 g/mol. The highest BCUT2D eigenvalue weighted by atomic mass is 16.5. The molecule has 0 unspecified atom stereocenters. The van der Waals surface area contributed by atoms with Gasteiger partial charge < -0.3 is 10.5 Å². The molecule has 0 aliphatic rings. The van der Waals surface area contributed by atoms with Gasteiger partial charge in [-0.1, -0.05) is 6.07 Å². The highest BCUT2D eigenvalue weighted by molar-refractivity contribution is 5.89. The molecule has 2 aromatic rings. The van der Waals surface area contributed by atoms with Crippen molar-refractivity contribution in [3.8, 4) is 5.69 Å². The van der Waals surface area contributed by atoms with Gasteiger partial charge in [0.1, 0.15) is 0 Å². The van der Waals surface area contributed by atoms with Gasteiger partial charge in [0.05, 0.1) is 35.9 Å². The molecule has 1 aromatic carbocycles. The molecule has 0 radical (unpaired) electrons. The highest BCUT2D eigenvalue weighted by Gasteiger charge is 2.08. The summed E-state index contributed by atoms with van der Waals surface area (Å²) in [5, 5.41) is 4.25. The molecular formula is C12H13N3O2. The third-order valence-corrected chi connectivity index (χ3v) is 2.47. The van der Waals surface area contributed by atoms with Gasteiger partial charge >= 0.3 is 5.97 Å². The molecule has 0 fully saturated rings. The zero-order valence-corrected chi connectivity index (χ0v) is 9.68. The maximum Gasteiger partial charge on any atom is 0.337 e. The second-order valence-corrected chi connectivity index (χ2v) is 3.66. The molecule has 0 saturated heterocycles. The average molecular weight is 231 g/mol. The minimum absolute atomic E-state index is 0.372. The molecule has 5 nitrogen and oxygen atoms in total. The van der Waals surface area contributed by atoms with Crippen LogP contribution in [0.25, 0.3) is 5.69 Å². The summed E-state index contributed by atoms with van der Waals surface area (Å²) in [6, 6.07) is 7.01. The first-order valence-electron chi connectivity index (χ1n) is 5.12. The number of aromatic nitrogens is 2. The van der Waals surface area contributed by atoms with Crippen molar-refractivity contribution in [2.24, 2.45) is 0 Å². The second-order valence-electron chi connectivity index (χ2n) is 3.66. The van der Waals surface area contributed by atoms with Crippen LogP contribution in [0.3, 0.4) is 0 Å². The lowest BCUT2D eigenvalue weighted by Gasteiger charge is -2.03. The molecule has 0 aliphatic carbocycles. The van der Waals surface area contributed by atoms with Gasteiger partial charge in [-0.25, -0.2) is 9.48 Å². The molecule has 2 N–H and O–H groups in total. The molecule has 0 aliphatic heterocycles. The summed E-state index contributed by atoms with van der Waals surface area (Å²) in [5.74, 6) is -0.372. The smallest absolute Gasteiger partial charge is 0.337 e. The number of nitrogen functional groups attached to an aromatic ring is 1. The van der Waals surface area contributed by atoms with Crippen LogP contribution < -0.4 is 5.73 Å². The number of ether oxygens (including phenoxy) is 1. The normalized spacial score (nSPS) is 10.2. The number of nitrogens with two attached hydrogens (primary N) is 1. The zero-order valence-electron chi connectivity index (χ0n) is 9.68. The molecule has 0 amide bonds. The van der Waals surface area contributed by atoms with Crippen LogP contribution >= 0.6 is 0 Å². The molecule has 17 heavy (non-hydrogen) atoms. The Morgan fingerprint density at radius 1 is 1.47 bits per heavy atom. The highest BCUT2D eigenvalue weighted by Crippen LogP contribution is 2.15. The van der Waals surface area contributed by atoms with Crippen LogP contribution in [0.15, 0.2) is 30.5 Å². The molecule has 1 heterocycles. The Kier molecular flexibility index (Phi) is 2.82. The number of anilines is 1. The first-order chi connectivity index (χ1) is 8.11. The molecule has 5 heteroatoms. The minimum atomic E-state index is -0.372. The summed E-state index contributed by atoms with van der Waals surface area (Å²) >= 11 is 0. The fourth-order valence-electron chi connectivity index (χ4n) is 1.50. The molecule has 0 bridgehead atoms. The third kappa shape index (κ3) is 2.13. The Morgan fingerprint density at radius 2 is 2.24 bits per heavy atom. The Bertz CT molecular complexity index is 541. The standard InChI is InChI=1S/C12H13N3O2/c1-8-11(13)7-15(14-8)10-5-3-4-9(6-10)12(16)17-2/h3-7H,13H2,1-2H3. The van der Waals surface area contributed by atoms with E-state index in [9.17, 15) is 4.79 Å². The van der Waals surface area contributed by atoms with Crippen LogP contribution in [0.2, 0.25) is 0 Å². The molecule has 88 valence electrons. The minimum Gasteiger partial charge on any atom is -0.465 e. The van der Waals surface area contributed by atoms with Gasteiger partial charge in [-0.2, -0.15) is 5.10 Å². The number of methoxy groups -OCH3 is 1. The maximum atomic E-state index is 11.4. The number of aryl methyl sites for hydroxylation is 1. The van der Waals surface area contributed by atoms with E-state index in [2.05, 4.69) is 9.84 Å². The van der Waals surface area contributed by atoms with E-state index in [4.69, 9.17) is 5.73 Å². The van der Waals surface area contributed by atoms with Crippen molar-refractivity contribution in [2.75, 3.05) is 12.8 Å². The van der Waals surface area contributed by atoms with Crippen molar-refractivity contribution >= 4 is 11.7 Å². The summed E-state index contributed by atoms with van der Waals surface area (Å²) in [7, 11) is 1.35. The van der Waals surface area contributed by atoms with Crippen LogP contribution in [-0.4, -0.2) is 22.9 Å². The lowest BCUT2D eigenvalue weighted by atomic mass is 10.2. The Hall–Kier alpha value is -2.30. The quantitative estimate of drug-likeness (QED) is 0.796. The average Bonchev–Trinajstić information content (AvgIpc) is 2.69. The number of nitrogens with zero attached hydrogens (tertiary/aromatic N) is 2. The lowest BCUT2D eigenvalue weighted by Crippen LogP contribution is -2.03. The van der Waals surface area contributed by atoms with Crippen molar-refractivity contribution in [1.82, 2.24) is 9.78 Å². The van der Waals surface area contributed by atoms with Crippen molar-refractivity contribution in [3.63, 3.8) is 0 Å². The Morgan fingerprint density at radius 3 is 2.82 bits per heavy atom. The van der Waals surface area contributed by atoms with E-state index < -0.39 is 0 Å². The number of carbonyl (C=O) groups excluding carboxylic acids is 1. The van der Waals surface area contributed by atoms with E-state index in [0.717, 1.165) is 11.4 Å². The van der Waals surface area contributed by atoms with Gasteiger partial charge in [-0.15, -0.1) is 0 Å². The number of benzene rings is 1. The van der Waals surface area contributed by atoms with Crippen molar-refractivity contribution < 1.29 is 9.53 Å². The zero-order chi connectivity index (χ0) is 12.4. The molecule has 1 aromatic heterocycles. The molecule has 2 rings (SSSR count). The molecular weight excluding hydrogens is 218 g/mol. The van der Waals surface area contributed by atoms with Crippen LogP contribution in [0.5, 0.6) is 0 Å². The largest absolute Gasteiger partial charge is 0.465 e. The van der Waals surface area contributed by atoms with Crippen LogP contribution in [0.4, 0.5) is 5.69 Å². The summed E-state index contributed by atoms with van der Waals surface area (Å²) in [4.78, 5) is 11.4. The second kappa shape index (κ2) is 4.29. The van der Waals surface area contributed by atoms with Gasteiger partial charge in [0.25, 0.3) is 0 Å². The van der Waals surface area contributed by atoms with E-state index in [1.165, 1.54) is 7.11 Å². The van der Waals surface area contributed by atoms with Gasteiger partial charge in [-0.05, 0) is 25.1 Å². The molecule has 0 atom stereocenters. The number of rotatable bonds is 2. The van der Waals surface area contributed by atoms with E-state index >= 15 is 0 Å². The number of hydrogen-bond donors (Lipinski definition) is 1. The van der Waals surface area contributed by atoms with Crippen molar-refractivity contribution in [3.05, 3.63) is 41.7 Å². The predicted molar refractivity (Wildman–Crippen MR) is 64.1 cm³/mol. The predicted octanol–water partition coefficient (Wildman–Crippen LogP) is 1.55. The van der Waals surface area contributed by atoms with E-state index in [1.807, 2.05) is 13.0 Å². The van der Waals surface area contributed by atoms with Gasteiger partial charge in [0.2, 0.25) is 0 Å². The Labute approximate surface area is 98.8 Å². The summed E-state index contributed by atoms with van der Waals surface area (Å²) < 4.78 is 6.30. The first-order valence-corrected chi connectivity index (χ1v) is 5.12. The van der Waals surface area contributed by atoms with E-state index in [1.54, 1.807) is 29.1 Å². The number of carbonyl (C=O) groups is 1. The van der Waals surface area contributed by atoms with Crippen LogP contribution in [0, 0.1) is 6.92 Å². The molecule has 0 spiro atoms. The third-order valence-electron chi connectivity index (χ3n) is 2.47. The number of hydrogen-bond acceptors (Lipinski definition) is 4. The lowest BCUT2D eigenvalue weighted by molar-refractivity contribution is 0.0600. The fraction of sp³-hybridized carbons (Fsp3) is 0.167. The Balaban J connectivity index is 2.42. The van der Waals surface area contributed by atoms with Crippen LogP contribution in [0.1, 0.15) is 16.1 Å². The first kappa shape index (κ1) is 11.2. The van der Waals surface area contributed by atoms with Gasteiger partial charge in [-0.3, -0.25) is 0 Å². The topological polar surface area (TPSA) is 70.1 Å². The van der Waals surface area contributed by atoms with Crippen molar-refractivity contribution in [1.29, 1.82) is 0 Å². The SMILES string of the molecule is COC(=O)c1cccc(-n2cc(N)c(C)n2)c1. The summed E-state index contributed by atoms with van der Waals surface area (Å²) in [6.07, 6.45) is 1.71. The van der Waals surface area contributed by atoms with E-state index in [-0.39, 0.29) is 5.97 Å². The molecule has 0 saturated carbocycles. The van der Waals surface area contributed by atoms with E-state index in [0.29, 0.717) is 11.3 Å². The summed E-state index contributed by atoms with van der Waals surface area (Å²) in [6.45, 7) is 1.83. The summed E-state index contributed by atoms with van der Waals surface area (Å²) in [5.41, 5.74) is 8.36. The van der Waals surface area contributed by atoms with Gasteiger partial charge in [0, 0.05) is 0 Å². The number of esters is 1. The van der Waals surface area contributed by atoms with Crippen LogP contribution in [-0.2, 0) is 4.74 Å². The maximum absolute atomic E-state index is 11.4. The van der Waals surface area contributed by atoms with Gasteiger partial charge in [0.15, 0.2) is 0 Å². The fourth-order valence-corrected chi connectivity index (χ4v) is 1.50.